The molecule has 3 fully saturated rings. The molecule has 1 aromatic heterocycles. The van der Waals surface area contributed by atoms with Crippen molar-refractivity contribution in [2.24, 2.45) is 17.1 Å². The number of primary amides is 1. The van der Waals surface area contributed by atoms with Gasteiger partial charge in [-0.05, 0) is 75.3 Å². The fourth-order valence-electron chi connectivity index (χ4n) is 5.21. The van der Waals surface area contributed by atoms with Gasteiger partial charge >= 0.3 is 0 Å². The Balaban J connectivity index is 1.91. The predicted octanol–water partition coefficient (Wildman–Crippen LogP) is 5.17. The normalized spacial score (nSPS) is 25.6. The van der Waals surface area contributed by atoms with Gasteiger partial charge in [0.2, 0.25) is 0 Å². The van der Waals surface area contributed by atoms with E-state index >= 15 is 0 Å². The zero-order valence-electron chi connectivity index (χ0n) is 14.6. The van der Waals surface area contributed by atoms with Crippen LogP contribution in [0.25, 0.3) is 10.9 Å². The van der Waals surface area contributed by atoms with Crippen LogP contribution in [-0.4, -0.2) is 10.5 Å². The molecule has 0 unspecified atom stereocenters. The molecule has 0 spiro atoms. The molecule has 2 aromatic rings. The van der Waals surface area contributed by atoms with E-state index in [2.05, 4.69) is 20.5 Å². The van der Waals surface area contributed by atoms with Crippen LogP contribution in [0.1, 0.15) is 61.5 Å². The summed E-state index contributed by atoms with van der Waals surface area (Å²) in [5.41, 5.74) is 8.07. The summed E-state index contributed by atoms with van der Waals surface area (Å²) in [6.07, 6.45) is 8.35. The SMILES string of the molecule is CCn1c(CC23CCC(CC2)CC3)c(C(N)=O)c2c(F)cc(Br)cc21. The number of aromatic nitrogens is 1. The lowest BCUT2D eigenvalue weighted by Gasteiger charge is -2.47. The minimum atomic E-state index is -0.519. The smallest absolute Gasteiger partial charge is 0.251 e. The number of fused-ring (bicyclic) bond motifs is 4. The van der Waals surface area contributed by atoms with Gasteiger partial charge in [-0.3, -0.25) is 4.79 Å². The highest BCUT2D eigenvalue weighted by atomic mass is 79.9. The number of rotatable bonds is 4. The van der Waals surface area contributed by atoms with Crippen molar-refractivity contribution in [3.8, 4) is 0 Å². The molecule has 0 atom stereocenters. The Morgan fingerprint density at radius 3 is 2.52 bits per heavy atom. The zero-order valence-corrected chi connectivity index (χ0v) is 16.2. The number of halogens is 2. The molecule has 3 nitrogen and oxygen atoms in total. The molecule has 0 aliphatic heterocycles. The molecule has 5 heteroatoms. The van der Waals surface area contributed by atoms with Crippen LogP contribution in [0.2, 0.25) is 0 Å². The van der Waals surface area contributed by atoms with Gasteiger partial charge in [-0.2, -0.15) is 0 Å². The molecule has 25 heavy (non-hydrogen) atoms. The molecular weight excluding hydrogens is 383 g/mol. The third-order valence-electron chi connectivity index (χ3n) is 6.54. The van der Waals surface area contributed by atoms with Gasteiger partial charge in [-0.1, -0.05) is 15.9 Å². The first kappa shape index (κ1) is 17.1. The number of amides is 1. The summed E-state index contributed by atoms with van der Waals surface area (Å²) in [7, 11) is 0. The zero-order chi connectivity index (χ0) is 17.8. The van der Waals surface area contributed by atoms with Crippen LogP contribution in [0.4, 0.5) is 4.39 Å². The summed E-state index contributed by atoms with van der Waals surface area (Å²) in [6.45, 7) is 2.75. The second-order valence-corrected chi connectivity index (χ2v) is 8.79. The molecule has 1 amide bonds. The van der Waals surface area contributed by atoms with E-state index in [1.165, 1.54) is 44.6 Å². The van der Waals surface area contributed by atoms with Gasteiger partial charge in [0, 0.05) is 22.1 Å². The topological polar surface area (TPSA) is 48.0 Å². The van der Waals surface area contributed by atoms with E-state index in [1.807, 2.05) is 13.0 Å². The van der Waals surface area contributed by atoms with E-state index in [4.69, 9.17) is 5.73 Å². The molecule has 2 bridgehead atoms. The van der Waals surface area contributed by atoms with Gasteiger partial charge in [0.25, 0.3) is 5.91 Å². The van der Waals surface area contributed by atoms with Crippen molar-refractivity contribution in [2.45, 2.75) is 58.4 Å². The van der Waals surface area contributed by atoms with Crippen LogP contribution in [0.15, 0.2) is 16.6 Å². The van der Waals surface area contributed by atoms with E-state index in [1.54, 1.807) is 0 Å². The molecular formula is C20H24BrFN2O. The highest BCUT2D eigenvalue weighted by molar-refractivity contribution is 9.10. The summed E-state index contributed by atoms with van der Waals surface area (Å²) in [4.78, 5) is 12.3. The van der Waals surface area contributed by atoms with E-state index in [9.17, 15) is 9.18 Å². The quantitative estimate of drug-likeness (QED) is 0.747. The van der Waals surface area contributed by atoms with Crippen LogP contribution in [0.5, 0.6) is 0 Å². The highest BCUT2D eigenvalue weighted by Gasteiger charge is 2.42. The lowest BCUT2D eigenvalue weighted by Crippen LogP contribution is -2.36. The van der Waals surface area contributed by atoms with Crippen molar-refractivity contribution < 1.29 is 9.18 Å². The number of benzene rings is 1. The van der Waals surface area contributed by atoms with Crippen LogP contribution in [0.3, 0.4) is 0 Å². The maximum absolute atomic E-state index is 14.7. The average molecular weight is 407 g/mol. The van der Waals surface area contributed by atoms with Crippen molar-refractivity contribution in [2.75, 3.05) is 0 Å². The second kappa shape index (κ2) is 6.11. The first-order valence-electron chi connectivity index (χ1n) is 9.24. The summed E-state index contributed by atoms with van der Waals surface area (Å²) in [6, 6.07) is 3.32. The summed E-state index contributed by atoms with van der Waals surface area (Å²) in [5.74, 6) is -0.00582. The molecule has 3 saturated carbocycles. The summed E-state index contributed by atoms with van der Waals surface area (Å²) in [5, 5.41) is 0.383. The lowest BCUT2D eigenvalue weighted by molar-refractivity contribution is 0.0634. The first-order chi connectivity index (χ1) is 11.9. The fourth-order valence-corrected chi connectivity index (χ4v) is 5.63. The van der Waals surface area contributed by atoms with Gasteiger partial charge in [0.1, 0.15) is 5.82 Å². The van der Waals surface area contributed by atoms with Crippen LogP contribution in [-0.2, 0) is 13.0 Å². The average Bonchev–Trinajstić information content (AvgIpc) is 2.89. The Morgan fingerprint density at radius 2 is 1.96 bits per heavy atom. The third kappa shape index (κ3) is 2.71. The molecule has 3 aliphatic rings. The number of carbonyl (C=O) groups is 1. The van der Waals surface area contributed by atoms with E-state index in [0.717, 1.165) is 23.5 Å². The number of carbonyl (C=O) groups excluding carboxylic acids is 1. The van der Waals surface area contributed by atoms with Gasteiger partial charge in [-0.25, -0.2) is 4.39 Å². The Morgan fingerprint density at radius 1 is 1.32 bits per heavy atom. The lowest BCUT2D eigenvalue weighted by atomic mass is 9.59. The fraction of sp³-hybridized carbons (Fsp3) is 0.550. The second-order valence-electron chi connectivity index (χ2n) is 7.87. The number of hydrogen-bond acceptors (Lipinski definition) is 1. The number of hydrogen-bond donors (Lipinski definition) is 1. The highest BCUT2D eigenvalue weighted by Crippen LogP contribution is 2.52. The Hall–Kier alpha value is -1.36. The van der Waals surface area contributed by atoms with Gasteiger partial charge < -0.3 is 10.3 Å². The van der Waals surface area contributed by atoms with Crippen molar-refractivity contribution in [1.82, 2.24) is 4.57 Å². The predicted molar refractivity (Wildman–Crippen MR) is 101 cm³/mol. The van der Waals surface area contributed by atoms with Gasteiger partial charge in [-0.15, -0.1) is 0 Å². The maximum atomic E-state index is 14.7. The third-order valence-corrected chi connectivity index (χ3v) is 7.00. The molecule has 1 aromatic carbocycles. The molecule has 5 rings (SSSR count). The van der Waals surface area contributed by atoms with E-state index in [-0.39, 0.29) is 11.2 Å². The maximum Gasteiger partial charge on any atom is 0.251 e. The molecule has 2 N–H and O–H groups in total. The van der Waals surface area contributed by atoms with E-state index in [0.29, 0.717) is 22.0 Å². The minimum Gasteiger partial charge on any atom is -0.366 e. The van der Waals surface area contributed by atoms with Crippen molar-refractivity contribution in [3.05, 3.63) is 33.7 Å². The van der Waals surface area contributed by atoms with Crippen LogP contribution < -0.4 is 5.73 Å². The van der Waals surface area contributed by atoms with Crippen LogP contribution >= 0.6 is 15.9 Å². The van der Waals surface area contributed by atoms with Crippen molar-refractivity contribution >= 4 is 32.7 Å². The molecule has 1 heterocycles. The van der Waals surface area contributed by atoms with Crippen molar-refractivity contribution in [1.29, 1.82) is 0 Å². The van der Waals surface area contributed by atoms with Crippen molar-refractivity contribution in [3.63, 3.8) is 0 Å². The first-order valence-corrected chi connectivity index (χ1v) is 10.0. The summed E-state index contributed by atoms with van der Waals surface area (Å²) < 4.78 is 17.5. The Labute approximate surface area is 155 Å². The van der Waals surface area contributed by atoms with Gasteiger partial charge in [0.05, 0.1) is 11.1 Å². The molecule has 0 radical (unpaired) electrons. The van der Waals surface area contributed by atoms with Gasteiger partial charge in [0.15, 0.2) is 0 Å². The molecule has 3 aliphatic carbocycles. The monoisotopic (exact) mass is 406 g/mol. The number of nitrogens with two attached hydrogens (primary N) is 1. The molecule has 134 valence electrons. The Kier molecular flexibility index (Phi) is 4.18. The summed E-state index contributed by atoms with van der Waals surface area (Å²) >= 11 is 3.38. The van der Waals surface area contributed by atoms with Crippen LogP contribution in [0, 0.1) is 17.2 Å². The minimum absolute atomic E-state index is 0.258. The van der Waals surface area contributed by atoms with E-state index < -0.39 is 5.91 Å². The molecule has 0 saturated heterocycles. The standard InChI is InChI=1S/C20H24BrFN2O/c1-2-24-15-10-13(21)9-14(22)17(15)18(19(23)25)16(24)11-20-6-3-12(4-7-20)5-8-20/h9-10,12H,2-8,11H2,1H3,(H2,23,25). The number of nitrogens with zero attached hydrogens (tertiary/aromatic N) is 1. The largest absolute Gasteiger partial charge is 0.366 e. The Bertz CT molecular complexity index is 835. The number of aryl methyl sites for hydroxylation is 1.